The molecule has 0 saturated heterocycles. The number of imidazole rings is 1. The molecule has 2 aromatic carbocycles. The van der Waals surface area contributed by atoms with Crippen LogP contribution < -0.4 is 11.5 Å². The Balaban J connectivity index is 1.70. The fraction of sp³-hybridized carbons (Fsp3) is 0.292. The first-order valence-electron chi connectivity index (χ1n) is 10.5. The summed E-state index contributed by atoms with van der Waals surface area (Å²) in [5.74, 6) is 1.68. The summed E-state index contributed by atoms with van der Waals surface area (Å²) in [6.45, 7) is 1.21. The van der Waals surface area contributed by atoms with Gasteiger partial charge in [-0.25, -0.2) is 14.8 Å². The van der Waals surface area contributed by atoms with Crippen LogP contribution in [-0.4, -0.2) is 27.6 Å². The SMILES string of the molecule is COC(=O)c1ccc2c(c1)nc(N)c1nc(CC3CC3)n(Cc3ccc(CN)cc3)c12. The van der Waals surface area contributed by atoms with Crippen molar-refractivity contribution in [3.8, 4) is 0 Å². The Hall–Kier alpha value is -3.45. The number of carbonyl (C=O) groups excluding carboxylic acids is 1. The van der Waals surface area contributed by atoms with Crippen LogP contribution in [0.1, 0.15) is 40.2 Å². The Morgan fingerprint density at radius 1 is 1.13 bits per heavy atom. The zero-order valence-corrected chi connectivity index (χ0v) is 17.5. The molecule has 0 amide bonds. The Kier molecular flexibility index (Phi) is 4.82. The van der Waals surface area contributed by atoms with Gasteiger partial charge in [-0.05, 0) is 48.1 Å². The predicted octanol–water partition coefficient (Wildman–Crippen LogP) is 3.41. The van der Waals surface area contributed by atoms with E-state index in [0.717, 1.165) is 28.7 Å². The highest BCUT2D eigenvalue weighted by Crippen LogP contribution is 2.36. The maximum atomic E-state index is 12.0. The number of carbonyl (C=O) groups is 1. The molecule has 4 N–H and O–H groups in total. The molecule has 4 aromatic rings. The van der Waals surface area contributed by atoms with E-state index >= 15 is 0 Å². The maximum Gasteiger partial charge on any atom is 0.337 e. The first kappa shape index (κ1) is 19.5. The molecule has 0 atom stereocenters. The molecular weight excluding hydrogens is 390 g/mol. The van der Waals surface area contributed by atoms with E-state index in [4.69, 9.17) is 21.2 Å². The first-order chi connectivity index (χ1) is 15.1. The summed E-state index contributed by atoms with van der Waals surface area (Å²) in [6.07, 6.45) is 3.41. The van der Waals surface area contributed by atoms with Gasteiger partial charge in [-0.3, -0.25) is 0 Å². The second-order valence-corrected chi connectivity index (χ2v) is 8.20. The highest BCUT2D eigenvalue weighted by Gasteiger charge is 2.26. The number of methoxy groups -OCH3 is 1. The van der Waals surface area contributed by atoms with E-state index in [1.54, 1.807) is 12.1 Å². The molecule has 5 rings (SSSR count). The lowest BCUT2D eigenvalue weighted by atomic mass is 10.1. The fourth-order valence-corrected chi connectivity index (χ4v) is 4.07. The number of aromatic nitrogens is 3. The molecule has 158 valence electrons. The molecular formula is C24H25N5O2. The average Bonchev–Trinajstić information content (AvgIpc) is 3.54. The van der Waals surface area contributed by atoms with Crippen LogP contribution in [0.25, 0.3) is 21.9 Å². The van der Waals surface area contributed by atoms with Gasteiger partial charge in [-0.2, -0.15) is 0 Å². The molecule has 1 saturated carbocycles. The van der Waals surface area contributed by atoms with E-state index in [0.29, 0.717) is 41.4 Å². The topological polar surface area (TPSA) is 109 Å². The number of nitrogen functional groups attached to an aromatic ring is 1. The molecule has 0 bridgehead atoms. The zero-order chi connectivity index (χ0) is 21.5. The number of fused-ring (bicyclic) bond motifs is 3. The van der Waals surface area contributed by atoms with Crippen molar-refractivity contribution in [1.29, 1.82) is 0 Å². The van der Waals surface area contributed by atoms with Crippen LogP contribution in [0.4, 0.5) is 5.82 Å². The normalized spacial score (nSPS) is 13.7. The van der Waals surface area contributed by atoms with Crippen molar-refractivity contribution in [2.45, 2.75) is 32.4 Å². The van der Waals surface area contributed by atoms with Crippen molar-refractivity contribution in [3.05, 3.63) is 65.0 Å². The van der Waals surface area contributed by atoms with Gasteiger partial charge in [0.1, 0.15) is 11.3 Å². The van der Waals surface area contributed by atoms with Crippen LogP contribution in [0.3, 0.4) is 0 Å². The van der Waals surface area contributed by atoms with Crippen LogP contribution in [0.2, 0.25) is 0 Å². The molecule has 0 unspecified atom stereocenters. The van der Waals surface area contributed by atoms with Gasteiger partial charge >= 0.3 is 5.97 Å². The number of anilines is 1. The molecule has 1 fully saturated rings. The van der Waals surface area contributed by atoms with Crippen molar-refractivity contribution in [2.24, 2.45) is 11.7 Å². The van der Waals surface area contributed by atoms with Gasteiger partial charge in [0, 0.05) is 24.9 Å². The molecule has 7 nitrogen and oxygen atoms in total. The first-order valence-corrected chi connectivity index (χ1v) is 10.5. The van der Waals surface area contributed by atoms with Gasteiger partial charge in [0.25, 0.3) is 0 Å². The largest absolute Gasteiger partial charge is 0.465 e. The summed E-state index contributed by atoms with van der Waals surface area (Å²) in [4.78, 5) is 21.4. The van der Waals surface area contributed by atoms with Crippen LogP contribution in [0.15, 0.2) is 42.5 Å². The Morgan fingerprint density at radius 2 is 1.87 bits per heavy atom. The summed E-state index contributed by atoms with van der Waals surface area (Å²) < 4.78 is 7.11. The van der Waals surface area contributed by atoms with Crippen molar-refractivity contribution < 1.29 is 9.53 Å². The van der Waals surface area contributed by atoms with E-state index in [1.165, 1.54) is 25.5 Å². The summed E-state index contributed by atoms with van der Waals surface area (Å²) in [6, 6.07) is 13.7. The van der Waals surface area contributed by atoms with Crippen LogP contribution in [0.5, 0.6) is 0 Å². The monoisotopic (exact) mass is 415 g/mol. The summed E-state index contributed by atoms with van der Waals surface area (Å²) in [5, 5.41) is 0.921. The molecule has 31 heavy (non-hydrogen) atoms. The molecule has 2 aromatic heterocycles. The number of hydrogen-bond donors (Lipinski definition) is 2. The third-order valence-electron chi connectivity index (χ3n) is 5.97. The number of benzene rings is 2. The Labute approximate surface area is 180 Å². The van der Waals surface area contributed by atoms with Crippen LogP contribution >= 0.6 is 0 Å². The molecule has 2 heterocycles. The van der Waals surface area contributed by atoms with E-state index in [9.17, 15) is 4.79 Å². The lowest BCUT2D eigenvalue weighted by molar-refractivity contribution is 0.0601. The summed E-state index contributed by atoms with van der Waals surface area (Å²) in [7, 11) is 1.37. The van der Waals surface area contributed by atoms with Gasteiger partial charge < -0.3 is 20.8 Å². The van der Waals surface area contributed by atoms with E-state index in [-0.39, 0.29) is 0 Å². The minimum Gasteiger partial charge on any atom is -0.465 e. The van der Waals surface area contributed by atoms with Crippen molar-refractivity contribution in [3.63, 3.8) is 0 Å². The van der Waals surface area contributed by atoms with Gasteiger partial charge in [0.15, 0.2) is 5.82 Å². The Bertz CT molecular complexity index is 1290. The molecule has 1 aliphatic rings. The lowest BCUT2D eigenvalue weighted by Crippen LogP contribution is -2.07. The second kappa shape index (κ2) is 7.67. The Morgan fingerprint density at radius 3 is 2.55 bits per heavy atom. The third-order valence-corrected chi connectivity index (χ3v) is 5.97. The minimum atomic E-state index is -0.398. The number of nitrogens with zero attached hydrogens (tertiary/aromatic N) is 3. The van der Waals surface area contributed by atoms with Crippen molar-refractivity contribution in [1.82, 2.24) is 14.5 Å². The standard InChI is InChI=1S/C24H25N5O2/c1-31-24(30)17-8-9-18-19(11-17)27-23(26)21-22(18)29(20(28-21)10-14-2-3-14)13-16-6-4-15(12-25)5-7-16/h4-9,11,14H,2-3,10,12-13,25H2,1H3,(H2,26,27). The van der Waals surface area contributed by atoms with Crippen molar-refractivity contribution >= 4 is 33.7 Å². The van der Waals surface area contributed by atoms with Gasteiger partial charge in [-0.1, -0.05) is 24.3 Å². The summed E-state index contributed by atoms with van der Waals surface area (Å²) >= 11 is 0. The van der Waals surface area contributed by atoms with E-state index < -0.39 is 5.97 Å². The number of esters is 1. The highest BCUT2D eigenvalue weighted by atomic mass is 16.5. The molecule has 1 aliphatic carbocycles. The number of ether oxygens (including phenoxy) is 1. The van der Waals surface area contributed by atoms with Gasteiger partial charge in [-0.15, -0.1) is 0 Å². The number of nitrogens with two attached hydrogens (primary N) is 2. The van der Waals surface area contributed by atoms with Crippen molar-refractivity contribution in [2.75, 3.05) is 12.8 Å². The van der Waals surface area contributed by atoms with Crippen LogP contribution in [-0.2, 0) is 24.2 Å². The van der Waals surface area contributed by atoms with Gasteiger partial charge in [0.2, 0.25) is 0 Å². The van der Waals surface area contributed by atoms with Crippen LogP contribution in [0, 0.1) is 5.92 Å². The predicted molar refractivity (Wildman–Crippen MR) is 121 cm³/mol. The second-order valence-electron chi connectivity index (χ2n) is 8.20. The zero-order valence-electron chi connectivity index (χ0n) is 17.5. The summed E-state index contributed by atoms with van der Waals surface area (Å²) in [5.41, 5.74) is 17.1. The van der Waals surface area contributed by atoms with E-state index in [1.807, 2.05) is 6.07 Å². The highest BCUT2D eigenvalue weighted by molar-refractivity contribution is 6.08. The average molecular weight is 415 g/mol. The van der Waals surface area contributed by atoms with Gasteiger partial charge in [0.05, 0.1) is 23.7 Å². The number of rotatable bonds is 6. The quantitative estimate of drug-likeness (QED) is 0.467. The minimum absolute atomic E-state index is 0.374. The molecule has 0 radical (unpaired) electrons. The number of pyridine rings is 1. The smallest absolute Gasteiger partial charge is 0.337 e. The fourth-order valence-electron chi connectivity index (χ4n) is 4.07. The maximum absolute atomic E-state index is 12.0. The third kappa shape index (κ3) is 3.61. The number of hydrogen-bond acceptors (Lipinski definition) is 6. The lowest BCUT2D eigenvalue weighted by Gasteiger charge is -2.12. The molecule has 0 spiro atoms. The van der Waals surface area contributed by atoms with E-state index in [2.05, 4.69) is 33.8 Å². The molecule has 0 aliphatic heterocycles. The molecule has 7 heteroatoms.